The first kappa shape index (κ1) is 9.62. The molecule has 1 saturated carbocycles. The predicted octanol–water partition coefficient (Wildman–Crippen LogP) is 2.13. The van der Waals surface area contributed by atoms with Crippen LogP contribution >= 0.6 is 0 Å². The van der Waals surface area contributed by atoms with E-state index in [1.54, 1.807) is 12.1 Å². The Morgan fingerprint density at radius 2 is 2.21 bits per heavy atom. The fourth-order valence-electron chi connectivity index (χ4n) is 1.98. The fraction of sp³-hybridized carbons (Fsp3) is 0.455. The molecule has 2 rings (SSSR count). The number of rotatable bonds is 3. The smallest absolute Gasteiger partial charge is 0.123 e. The van der Waals surface area contributed by atoms with Crippen LogP contribution in [-0.4, -0.2) is 0 Å². The van der Waals surface area contributed by atoms with Crippen LogP contribution in [0.1, 0.15) is 30.9 Å². The topological polar surface area (TPSA) is 38.0 Å². The van der Waals surface area contributed by atoms with E-state index in [9.17, 15) is 4.39 Å². The van der Waals surface area contributed by atoms with Gasteiger partial charge < -0.3 is 0 Å². The molecule has 1 fully saturated rings. The van der Waals surface area contributed by atoms with Gasteiger partial charge in [0.1, 0.15) is 5.82 Å². The summed E-state index contributed by atoms with van der Waals surface area (Å²) in [6.45, 7) is 0. The van der Waals surface area contributed by atoms with Gasteiger partial charge >= 0.3 is 0 Å². The highest BCUT2D eigenvalue weighted by atomic mass is 19.1. The lowest BCUT2D eigenvalue weighted by Crippen LogP contribution is -2.36. The highest BCUT2D eigenvalue weighted by molar-refractivity contribution is 5.21. The minimum Gasteiger partial charge on any atom is -0.271 e. The molecule has 0 amide bonds. The van der Waals surface area contributed by atoms with E-state index in [1.807, 2.05) is 6.07 Å². The summed E-state index contributed by atoms with van der Waals surface area (Å²) in [6, 6.07) is 6.78. The number of benzene rings is 1. The molecule has 14 heavy (non-hydrogen) atoms. The molecule has 0 aromatic heterocycles. The van der Waals surface area contributed by atoms with E-state index in [4.69, 9.17) is 5.84 Å². The summed E-state index contributed by atoms with van der Waals surface area (Å²) in [4.78, 5) is 0. The minimum absolute atomic E-state index is 0.111. The number of halogens is 1. The Morgan fingerprint density at radius 1 is 1.43 bits per heavy atom. The highest BCUT2D eigenvalue weighted by Gasteiger charge is 2.27. The molecule has 1 atom stereocenters. The molecule has 0 saturated heterocycles. The van der Waals surface area contributed by atoms with E-state index < -0.39 is 0 Å². The van der Waals surface area contributed by atoms with Crippen LogP contribution in [0.5, 0.6) is 0 Å². The van der Waals surface area contributed by atoms with Crippen molar-refractivity contribution in [3.05, 3.63) is 35.6 Å². The molecule has 0 bridgehead atoms. The van der Waals surface area contributed by atoms with Gasteiger partial charge in [-0.05, 0) is 36.5 Å². The second kappa shape index (κ2) is 4.07. The van der Waals surface area contributed by atoms with Crippen molar-refractivity contribution < 1.29 is 4.39 Å². The normalized spacial score (nSPS) is 19.0. The molecule has 0 radical (unpaired) electrons. The van der Waals surface area contributed by atoms with Gasteiger partial charge in [0.25, 0.3) is 0 Å². The quantitative estimate of drug-likeness (QED) is 0.571. The van der Waals surface area contributed by atoms with E-state index in [2.05, 4.69) is 5.43 Å². The zero-order chi connectivity index (χ0) is 9.97. The third-order valence-corrected chi connectivity index (χ3v) is 3.01. The summed E-state index contributed by atoms with van der Waals surface area (Å²) in [7, 11) is 0. The SMILES string of the molecule is NNC(c1cccc(F)c1)C1CCC1. The molecule has 0 aliphatic heterocycles. The number of hydrogen-bond acceptors (Lipinski definition) is 2. The third-order valence-electron chi connectivity index (χ3n) is 3.01. The van der Waals surface area contributed by atoms with E-state index >= 15 is 0 Å². The molecular weight excluding hydrogens is 179 g/mol. The molecule has 2 nitrogen and oxygen atoms in total. The summed E-state index contributed by atoms with van der Waals surface area (Å²) in [6.07, 6.45) is 3.63. The van der Waals surface area contributed by atoms with Crippen molar-refractivity contribution in [2.24, 2.45) is 11.8 Å². The molecular formula is C11H15FN2. The molecule has 3 heteroatoms. The van der Waals surface area contributed by atoms with Crippen molar-refractivity contribution in [2.45, 2.75) is 25.3 Å². The van der Waals surface area contributed by atoms with Crippen LogP contribution in [-0.2, 0) is 0 Å². The molecule has 1 aliphatic carbocycles. The van der Waals surface area contributed by atoms with Crippen molar-refractivity contribution in [1.82, 2.24) is 5.43 Å². The van der Waals surface area contributed by atoms with Crippen LogP contribution in [0.4, 0.5) is 4.39 Å². The number of nitrogens with two attached hydrogens (primary N) is 1. The van der Waals surface area contributed by atoms with E-state index in [0.29, 0.717) is 5.92 Å². The molecule has 1 aromatic rings. The van der Waals surface area contributed by atoms with Crippen LogP contribution in [0.3, 0.4) is 0 Å². The molecule has 0 heterocycles. The standard InChI is InChI=1S/C11H15FN2/c12-10-6-2-5-9(7-10)11(14-13)8-3-1-4-8/h2,5-8,11,14H,1,3-4,13H2. The van der Waals surface area contributed by atoms with Gasteiger partial charge in [-0.1, -0.05) is 18.6 Å². The third kappa shape index (κ3) is 1.79. The van der Waals surface area contributed by atoms with E-state index in [1.165, 1.54) is 25.3 Å². The maximum absolute atomic E-state index is 13.0. The second-order valence-electron chi connectivity index (χ2n) is 3.89. The summed E-state index contributed by atoms with van der Waals surface area (Å²) in [5.74, 6) is 5.87. The monoisotopic (exact) mass is 194 g/mol. The van der Waals surface area contributed by atoms with Gasteiger partial charge in [0, 0.05) is 6.04 Å². The molecule has 1 aromatic carbocycles. The first-order chi connectivity index (χ1) is 6.81. The fourth-order valence-corrected chi connectivity index (χ4v) is 1.98. The Labute approximate surface area is 83.3 Å². The Balaban J connectivity index is 2.17. The maximum Gasteiger partial charge on any atom is 0.123 e. The van der Waals surface area contributed by atoms with Crippen LogP contribution in [0.2, 0.25) is 0 Å². The van der Waals surface area contributed by atoms with Crippen LogP contribution in [0.15, 0.2) is 24.3 Å². The Hall–Kier alpha value is -0.930. The second-order valence-corrected chi connectivity index (χ2v) is 3.89. The van der Waals surface area contributed by atoms with Gasteiger partial charge in [-0.25, -0.2) is 4.39 Å². The lowest BCUT2D eigenvalue weighted by molar-refractivity contribution is 0.232. The Bertz CT molecular complexity index is 310. The van der Waals surface area contributed by atoms with E-state index in [0.717, 1.165) is 5.56 Å². The summed E-state index contributed by atoms with van der Waals surface area (Å²) in [5, 5.41) is 0. The Kier molecular flexibility index (Phi) is 2.79. The largest absolute Gasteiger partial charge is 0.271 e. The molecule has 1 aliphatic rings. The van der Waals surface area contributed by atoms with Crippen LogP contribution in [0.25, 0.3) is 0 Å². The van der Waals surface area contributed by atoms with Crippen molar-refractivity contribution in [3.8, 4) is 0 Å². The average Bonchev–Trinajstić information content (AvgIpc) is 2.10. The van der Waals surface area contributed by atoms with Crippen molar-refractivity contribution >= 4 is 0 Å². The van der Waals surface area contributed by atoms with Crippen molar-refractivity contribution in [3.63, 3.8) is 0 Å². The lowest BCUT2D eigenvalue weighted by atomic mass is 9.77. The minimum atomic E-state index is -0.193. The van der Waals surface area contributed by atoms with Crippen LogP contribution < -0.4 is 11.3 Å². The molecule has 76 valence electrons. The molecule has 0 spiro atoms. The van der Waals surface area contributed by atoms with Gasteiger partial charge in [0.15, 0.2) is 0 Å². The summed E-state index contributed by atoms with van der Waals surface area (Å²) in [5.41, 5.74) is 3.74. The van der Waals surface area contributed by atoms with Gasteiger partial charge in [0.2, 0.25) is 0 Å². The highest BCUT2D eigenvalue weighted by Crippen LogP contribution is 2.37. The predicted molar refractivity (Wildman–Crippen MR) is 53.8 cm³/mol. The van der Waals surface area contributed by atoms with Gasteiger partial charge in [-0.3, -0.25) is 11.3 Å². The zero-order valence-corrected chi connectivity index (χ0v) is 8.04. The van der Waals surface area contributed by atoms with Crippen molar-refractivity contribution in [1.29, 1.82) is 0 Å². The zero-order valence-electron chi connectivity index (χ0n) is 8.04. The van der Waals surface area contributed by atoms with Gasteiger partial charge in [-0.2, -0.15) is 0 Å². The summed E-state index contributed by atoms with van der Waals surface area (Å²) < 4.78 is 13.0. The number of hydrazine groups is 1. The molecule has 3 N–H and O–H groups in total. The van der Waals surface area contributed by atoms with Gasteiger partial charge in [-0.15, -0.1) is 0 Å². The maximum atomic E-state index is 13.0. The van der Waals surface area contributed by atoms with Crippen molar-refractivity contribution in [2.75, 3.05) is 0 Å². The average molecular weight is 194 g/mol. The lowest BCUT2D eigenvalue weighted by Gasteiger charge is -2.33. The first-order valence-corrected chi connectivity index (χ1v) is 5.03. The number of hydrogen-bond donors (Lipinski definition) is 2. The van der Waals surface area contributed by atoms with Crippen LogP contribution in [0, 0.1) is 11.7 Å². The van der Waals surface area contributed by atoms with Gasteiger partial charge in [0.05, 0.1) is 0 Å². The first-order valence-electron chi connectivity index (χ1n) is 5.03. The number of nitrogens with one attached hydrogen (secondary N) is 1. The molecule has 1 unspecified atom stereocenters. The van der Waals surface area contributed by atoms with E-state index in [-0.39, 0.29) is 11.9 Å². The Morgan fingerprint density at radius 3 is 2.71 bits per heavy atom. The summed E-state index contributed by atoms with van der Waals surface area (Å²) >= 11 is 0.